The SMILES string of the molecule is C[C@H](ON=C(C(=O)NC1C(=O)N2C(C(=O)O)=C(C[N+]3(C)CCCC3)CSC12)c1nc(N)sc1Cl)C(=O)O. The number of β-lactam (4-membered cyclic amide) rings is 1. The normalized spacial score (nSPS) is 23.8. The van der Waals surface area contributed by atoms with Gasteiger partial charge in [0, 0.05) is 24.2 Å². The number of nitrogens with two attached hydrogens (primary N) is 1. The third-order valence-electron chi connectivity index (χ3n) is 6.45. The standard InChI is InChI=1S/C21H25ClN6O7S2/c1-9(19(31)32)35-26-12(11-15(22)37-21(23)25-11)16(29)24-13-17(30)27-14(20(33)34)10(8-36-18(13)27)7-28(2)5-3-4-6-28/h9,13,18H,3-8H2,1-2H3,(H4-,23,24,25,29,31,32,33,34)/p+1/t9-,13?,18?/m0/s1. The van der Waals surface area contributed by atoms with E-state index < -0.39 is 47.0 Å². The summed E-state index contributed by atoms with van der Waals surface area (Å²) in [7, 11) is 2.09. The number of quaternary nitrogens is 1. The van der Waals surface area contributed by atoms with Crippen LogP contribution in [0.25, 0.3) is 0 Å². The number of nitrogens with one attached hydrogen (secondary N) is 1. The fourth-order valence-electron chi connectivity index (χ4n) is 4.56. The zero-order chi connectivity index (χ0) is 27.1. The number of likely N-dealkylation sites (N-methyl/N-ethyl adjacent to an activating group) is 1. The molecule has 37 heavy (non-hydrogen) atoms. The first-order chi connectivity index (χ1) is 17.4. The number of likely N-dealkylation sites (tertiary alicyclic amines) is 1. The van der Waals surface area contributed by atoms with Crippen molar-refractivity contribution in [3.05, 3.63) is 21.3 Å². The van der Waals surface area contributed by atoms with E-state index in [4.69, 9.17) is 27.3 Å². The fraction of sp³-hybridized carbons (Fsp3) is 0.524. The molecule has 0 saturated carbocycles. The number of carbonyl (C=O) groups excluding carboxylic acids is 2. The summed E-state index contributed by atoms with van der Waals surface area (Å²) in [6.45, 7) is 3.66. The second-order valence-electron chi connectivity index (χ2n) is 9.25. The maximum Gasteiger partial charge on any atom is 0.352 e. The third kappa shape index (κ3) is 5.39. The lowest BCUT2D eigenvalue weighted by atomic mass is 10.0. The topological polar surface area (TPSA) is 185 Å². The second kappa shape index (κ2) is 10.5. The summed E-state index contributed by atoms with van der Waals surface area (Å²) < 4.78 is 0.747. The first kappa shape index (κ1) is 27.2. The zero-order valence-electron chi connectivity index (χ0n) is 20.0. The molecule has 4 rings (SSSR count). The first-order valence-corrected chi connectivity index (χ1v) is 13.6. The van der Waals surface area contributed by atoms with E-state index in [0.717, 1.165) is 41.8 Å². The number of thioether (sulfide) groups is 1. The van der Waals surface area contributed by atoms with E-state index in [1.807, 2.05) is 0 Å². The van der Waals surface area contributed by atoms with Crippen molar-refractivity contribution in [3.63, 3.8) is 0 Å². The predicted octanol–water partition coefficient (Wildman–Crippen LogP) is 0.552. The van der Waals surface area contributed by atoms with Crippen LogP contribution in [0.15, 0.2) is 16.4 Å². The van der Waals surface area contributed by atoms with Crippen LogP contribution in [-0.2, 0) is 24.0 Å². The Morgan fingerprint density at radius 3 is 2.59 bits per heavy atom. The van der Waals surface area contributed by atoms with Gasteiger partial charge in [-0.15, -0.1) is 11.8 Å². The highest BCUT2D eigenvalue weighted by Crippen LogP contribution is 2.41. The average Bonchev–Trinajstić information content (AvgIpc) is 3.41. The molecule has 3 aliphatic heterocycles. The van der Waals surface area contributed by atoms with Gasteiger partial charge < -0.3 is 30.6 Å². The van der Waals surface area contributed by atoms with Crippen LogP contribution in [0, 0.1) is 0 Å². The molecular weight excluding hydrogens is 548 g/mol. The van der Waals surface area contributed by atoms with Gasteiger partial charge in [0.15, 0.2) is 10.8 Å². The molecule has 13 nitrogen and oxygen atoms in total. The molecule has 2 amide bonds. The maximum atomic E-state index is 13.1. The Labute approximate surface area is 224 Å². The Hall–Kier alpha value is -2.88. The van der Waals surface area contributed by atoms with Gasteiger partial charge in [0.1, 0.15) is 33.7 Å². The minimum Gasteiger partial charge on any atom is -0.478 e. The molecule has 5 N–H and O–H groups in total. The largest absolute Gasteiger partial charge is 0.478 e. The van der Waals surface area contributed by atoms with Gasteiger partial charge in [-0.2, -0.15) is 0 Å². The van der Waals surface area contributed by atoms with E-state index >= 15 is 0 Å². The van der Waals surface area contributed by atoms with E-state index in [0.29, 0.717) is 17.9 Å². The number of hydrogen-bond donors (Lipinski definition) is 4. The number of carboxylic acid groups (broad SMARTS) is 2. The number of hydrogen-bond acceptors (Lipinski definition) is 10. The van der Waals surface area contributed by atoms with Gasteiger partial charge in [0.25, 0.3) is 11.8 Å². The zero-order valence-corrected chi connectivity index (χ0v) is 22.4. The van der Waals surface area contributed by atoms with Crippen LogP contribution in [0.5, 0.6) is 0 Å². The predicted molar refractivity (Wildman–Crippen MR) is 136 cm³/mol. The van der Waals surface area contributed by atoms with Gasteiger partial charge in [0.05, 0.1) is 20.1 Å². The molecule has 3 atom stereocenters. The average molecular weight is 574 g/mol. The van der Waals surface area contributed by atoms with Crippen molar-refractivity contribution in [2.24, 2.45) is 5.16 Å². The number of aromatic nitrogens is 1. The Morgan fingerprint density at radius 2 is 2.03 bits per heavy atom. The number of oxime groups is 1. The number of amides is 2. The highest BCUT2D eigenvalue weighted by molar-refractivity contribution is 8.00. The second-order valence-corrected chi connectivity index (χ2v) is 12.0. The summed E-state index contributed by atoms with van der Waals surface area (Å²) in [4.78, 5) is 59.6. The molecule has 200 valence electrons. The van der Waals surface area contributed by atoms with Crippen molar-refractivity contribution in [3.8, 4) is 0 Å². The molecule has 16 heteroatoms. The summed E-state index contributed by atoms with van der Waals surface area (Å²) in [5.74, 6) is -3.57. The Kier molecular flexibility index (Phi) is 7.69. The van der Waals surface area contributed by atoms with E-state index in [2.05, 4.69) is 22.5 Å². The fourth-order valence-corrected chi connectivity index (χ4v) is 6.83. The van der Waals surface area contributed by atoms with E-state index in [1.54, 1.807) is 0 Å². The summed E-state index contributed by atoms with van der Waals surface area (Å²) >= 11 is 8.37. The number of aliphatic carboxylic acids is 2. The molecule has 2 unspecified atom stereocenters. The number of fused-ring (bicyclic) bond motifs is 1. The van der Waals surface area contributed by atoms with Crippen LogP contribution in [0.1, 0.15) is 25.5 Å². The van der Waals surface area contributed by atoms with E-state index in [-0.39, 0.29) is 20.9 Å². The van der Waals surface area contributed by atoms with Crippen molar-refractivity contribution in [2.45, 2.75) is 37.3 Å². The van der Waals surface area contributed by atoms with Crippen LogP contribution < -0.4 is 11.1 Å². The highest BCUT2D eigenvalue weighted by Gasteiger charge is 2.55. The van der Waals surface area contributed by atoms with Gasteiger partial charge >= 0.3 is 11.9 Å². The number of thiazole rings is 1. The van der Waals surface area contributed by atoms with Crippen molar-refractivity contribution in [2.75, 3.05) is 38.2 Å². The molecule has 0 aliphatic carbocycles. The summed E-state index contributed by atoms with van der Waals surface area (Å²) in [6.07, 6.45) is 0.771. The molecule has 3 aliphatic rings. The molecule has 4 heterocycles. The number of carbonyl (C=O) groups is 4. The van der Waals surface area contributed by atoms with Gasteiger partial charge in [0.2, 0.25) is 6.10 Å². The Balaban J connectivity index is 1.55. The summed E-state index contributed by atoms with van der Waals surface area (Å²) in [5.41, 5.74) is 5.74. The van der Waals surface area contributed by atoms with Crippen molar-refractivity contribution in [1.29, 1.82) is 0 Å². The molecule has 1 aromatic heterocycles. The first-order valence-electron chi connectivity index (χ1n) is 11.3. The summed E-state index contributed by atoms with van der Waals surface area (Å²) in [6, 6.07) is -1.04. The monoisotopic (exact) mass is 573 g/mol. The molecular formula is C21H26ClN6O7S2+. The molecule has 0 bridgehead atoms. The molecule has 1 aromatic rings. The van der Waals surface area contributed by atoms with Crippen LogP contribution in [0.2, 0.25) is 4.34 Å². The number of halogens is 1. The van der Waals surface area contributed by atoms with Gasteiger partial charge in [-0.3, -0.25) is 14.5 Å². The van der Waals surface area contributed by atoms with Gasteiger partial charge in [-0.1, -0.05) is 28.1 Å². The molecule has 0 spiro atoms. The van der Waals surface area contributed by atoms with Crippen LogP contribution >= 0.6 is 34.7 Å². The number of nitrogen functional groups attached to an aromatic ring is 1. The molecule has 0 radical (unpaired) electrons. The van der Waals surface area contributed by atoms with Gasteiger partial charge in [-0.05, 0) is 6.92 Å². The Morgan fingerprint density at radius 1 is 1.35 bits per heavy atom. The lowest BCUT2D eigenvalue weighted by Gasteiger charge is -2.49. The smallest absolute Gasteiger partial charge is 0.352 e. The van der Waals surface area contributed by atoms with Crippen LogP contribution in [0.3, 0.4) is 0 Å². The Bertz CT molecular complexity index is 1210. The lowest BCUT2D eigenvalue weighted by molar-refractivity contribution is -0.893. The van der Waals surface area contributed by atoms with Crippen LogP contribution in [0.4, 0.5) is 5.13 Å². The van der Waals surface area contributed by atoms with Crippen molar-refractivity contribution in [1.82, 2.24) is 15.2 Å². The molecule has 2 saturated heterocycles. The third-order valence-corrected chi connectivity index (χ3v) is 8.87. The number of carboxylic acids is 2. The minimum absolute atomic E-state index is 0.0193. The van der Waals surface area contributed by atoms with Crippen LogP contribution in [-0.4, -0.2) is 104 Å². The molecule has 0 aromatic carbocycles. The number of anilines is 1. The number of rotatable bonds is 9. The van der Waals surface area contributed by atoms with Gasteiger partial charge in [-0.25, -0.2) is 14.6 Å². The summed E-state index contributed by atoms with van der Waals surface area (Å²) in [5, 5.41) is 24.6. The quantitative estimate of drug-likeness (QED) is 0.141. The van der Waals surface area contributed by atoms with Crippen molar-refractivity contribution < 1.29 is 38.7 Å². The van der Waals surface area contributed by atoms with Crippen molar-refractivity contribution >= 4 is 69.3 Å². The number of nitrogens with zero attached hydrogens (tertiary/aromatic N) is 4. The highest BCUT2D eigenvalue weighted by atomic mass is 35.5. The van der Waals surface area contributed by atoms with E-state index in [1.165, 1.54) is 23.6 Å². The lowest BCUT2D eigenvalue weighted by Crippen LogP contribution is -2.71. The molecule has 2 fully saturated rings. The minimum atomic E-state index is -1.38. The van der Waals surface area contributed by atoms with E-state index in [9.17, 15) is 24.3 Å². The maximum absolute atomic E-state index is 13.1.